The van der Waals surface area contributed by atoms with Gasteiger partial charge in [-0.2, -0.15) is 8.42 Å². The van der Waals surface area contributed by atoms with E-state index in [1.807, 2.05) is 20.9 Å². The van der Waals surface area contributed by atoms with Crippen molar-refractivity contribution in [1.29, 1.82) is 0 Å². The summed E-state index contributed by atoms with van der Waals surface area (Å²) < 4.78 is 42.2. The number of amides is 1. The first kappa shape index (κ1) is 29.9. The maximum Gasteiger partial charge on any atom is 0.280 e. The van der Waals surface area contributed by atoms with Crippen molar-refractivity contribution in [3.63, 3.8) is 0 Å². The summed E-state index contributed by atoms with van der Waals surface area (Å²) >= 11 is 0. The number of benzene rings is 1. The molecule has 4 atom stereocenters. The Hall–Kier alpha value is -2.67. The Morgan fingerprint density at radius 1 is 1.26 bits per heavy atom. The summed E-state index contributed by atoms with van der Waals surface area (Å²) in [5.74, 6) is -0.0246. The number of fused-ring (bicyclic) bond motifs is 1. The van der Waals surface area contributed by atoms with Crippen LogP contribution in [-0.4, -0.2) is 85.5 Å². The second-order valence-electron chi connectivity index (χ2n) is 10.1. The number of anilines is 1. The third kappa shape index (κ3) is 7.68. The van der Waals surface area contributed by atoms with Crippen LogP contribution in [-0.2, 0) is 21.8 Å². The molecule has 1 aromatic heterocycles. The molecule has 38 heavy (non-hydrogen) atoms. The number of carbonyl (C=O) groups excluding carboxylic acids is 1. The van der Waals surface area contributed by atoms with E-state index in [-0.39, 0.29) is 46.9 Å². The lowest BCUT2D eigenvalue weighted by Crippen LogP contribution is -2.47. The van der Waals surface area contributed by atoms with Gasteiger partial charge in [0.1, 0.15) is 5.75 Å². The molecular weight excluding hydrogens is 510 g/mol. The number of aliphatic hydroxyl groups is 1. The first-order valence-corrected chi connectivity index (χ1v) is 14.5. The second-order valence-corrected chi connectivity index (χ2v) is 11.7. The number of ether oxygens (including phenoxy) is 2. The number of hydrogen-bond acceptors (Lipinski definition) is 8. The van der Waals surface area contributed by atoms with Crippen molar-refractivity contribution in [2.75, 3.05) is 38.1 Å². The van der Waals surface area contributed by atoms with Crippen molar-refractivity contribution in [1.82, 2.24) is 19.8 Å². The molecule has 2 aromatic rings. The number of aryl methyl sites for hydroxylation is 1. The fourth-order valence-corrected chi connectivity index (χ4v) is 5.45. The standard InChI is InChI=1S/C26H41N5O6S/c1-18-14-31(19(2)16-32)26(33)22-12-21(29-38(34,35)25-15-30(5)17-28-25)9-10-23(22)37-20(3)8-6-7-11-36-24(18)13-27-4/h9-10,12,15,17-20,24,27,29,32H,6-8,11,13-14,16H2,1-5H3/t18-,19+,20-,24+/m0/s1. The van der Waals surface area contributed by atoms with Crippen LogP contribution >= 0.6 is 0 Å². The minimum atomic E-state index is -3.96. The molecule has 1 aliphatic rings. The lowest BCUT2D eigenvalue weighted by atomic mass is 10.0. The van der Waals surface area contributed by atoms with Crippen molar-refractivity contribution in [3.8, 4) is 5.75 Å². The van der Waals surface area contributed by atoms with Crippen molar-refractivity contribution < 1.29 is 27.8 Å². The fourth-order valence-electron chi connectivity index (χ4n) is 4.41. The highest BCUT2D eigenvalue weighted by Crippen LogP contribution is 2.29. The normalized spacial score (nSPS) is 22.7. The maximum absolute atomic E-state index is 14.0. The van der Waals surface area contributed by atoms with Crippen molar-refractivity contribution in [2.45, 2.75) is 63.3 Å². The summed E-state index contributed by atoms with van der Waals surface area (Å²) in [5, 5.41) is 13.0. The van der Waals surface area contributed by atoms with Gasteiger partial charge in [-0.25, -0.2) is 4.98 Å². The molecule has 0 unspecified atom stereocenters. The molecule has 3 rings (SSSR count). The summed E-state index contributed by atoms with van der Waals surface area (Å²) in [6.07, 6.45) is 5.07. The Kier molecular flexibility index (Phi) is 10.5. The average Bonchev–Trinajstić information content (AvgIpc) is 3.33. The largest absolute Gasteiger partial charge is 0.490 e. The van der Waals surface area contributed by atoms with E-state index in [0.29, 0.717) is 25.4 Å². The van der Waals surface area contributed by atoms with E-state index in [1.54, 1.807) is 31.0 Å². The van der Waals surface area contributed by atoms with E-state index < -0.39 is 16.1 Å². The van der Waals surface area contributed by atoms with Crippen LogP contribution in [0, 0.1) is 5.92 Å². The van der Waals surface area contributed by atoms with Crippen LogP contribution in [0.1, 0.15) is 50.4 Å². The predicted molar refractivity (Wildman–Crippen MR) is 145 cm³/mol. The smallest absolute Gasteiger partial charge is 0.280 e. The van der Waals surface area contributed by atoms with E-state index in [0.717, 1.165) is 19.3 Å². The summed E-state index contributed by atoms with van der Waals surface area (Å²) in [6.45, 7) is 7.10. The Bertz CT molecular complexity index is 1170. The minimum Gasteiger partial charge on any atom is -0.490 e. The van der Waals surface area contributed by atoms with E-state index >= 15 is 0 Å². The van der Waals surface area contributed by atoms with Crippen LogP contribution in [0.3, 0.4) is 0 Å². The van der Waals surface area contributed by atoms with Gasteiger partial charge >= 0.3 is 0 Å². The van der Waals surface area contributed by atoms with Crippen LogP contribution in [0.2, 0.25) is 0 Å². The number of rotatable bonds is 7. The van der Waals surface area contributed by atoms with E-state index in [1.165, 1.54) is 23.2 Å². The zero-order valence-electron chi connectivity index (χ0n) is 22.9. The maximum atomic E-state index is 14.0. The van der Waals surface area contributed by atoms with Gasteiger partial charge in [-0.1, -0.05) is 6.92 Å². The van der Waals surface area contributed by atoms with Crippen LogP contribution in [0.4, 0.5) is 5.69 Å². The van der Waals surface area contributed by atoms with Gasteiger partial charge in [-0.15, -0.1) is 0 Å². The number of nitrogens with zero attached hydrogens (tertiary/aromatic N) is 3. The molecule has 1 amide bonds. The first-order valence-electron chi connectivity index (χ1n) is 13.0. The number of nitrogens with one attached hydrogen (secondary N) is 2. The minimum absolute atomic E-state index is 0.0301. The Balaban J connectivity index is 2.02. The van der Waals surface area contributed by atoms with Gasteiger partial charge in [0, 0.05) is 44.5 Å². The zero-order chi connectivity index (χ0) is 27.9. The molecule has 0 fully saturated rings. The number of carbonyl (C=O) groups is 1. The average molecular weight is 552 g/mol. The molecule has 12 heteroatoms. The predicted octanol–water partition coefficient (Wildman–Crippen LogP) is 2.24. The van der Waals surface area contributed by atoms with Gasteiger partial charge < -0.3 is 29.4 Å². The Labute approximate surface area is 225 Å². The molecule has 1 aromatic carbocycles. The summed E-state index contributed by atoms with van der Waals surface area (Å²) in [5.41, 5.74) is 0.426. The number of hydrogen-bond donors (Lipinski definition) is 3. The molecule has 3 N–H and O–H groups in total. The highest BCUT2D eigenvalue weighted by molar-refractivity contribution is 7.92. The number of sulfonamides is 1. The van der Waals surface area contributed by atoms with Crippen molar-refractivity contribution in [2.24, 2.45) is 13.0 Å². The van der Waals surface area contributed by atoms with Crippen LogP contribution < -0.4 is 14.8 Å². The molecule has 0 saturated carbocycles. The highest BCUT2D eigenvalue weighted by Gasteiger charge is 2.30. The van der Waals surface area contributed by atoms with E-state index in [4.69, 9.17) is 9.47 Å². The highest BCUT2D eigenvalue weighted by atomic mass is 32.2. The molecular formula is C26H41N5O6S. The van der Waals surface area contributed by atoms with Crippen LogP contribution in [0.15, 0.2) is 35.7 Å². The third-order valence-electron chi connectivity index (χ3n) is 6.67. The molecule has 11 nitrogen and oxygen atoms in total. The summed E-state index contributed by atoms with van der Waals surface area (Å²) in [6, 6.07) is 4.19. The van der Waals surface area contributed by atoms with Gasteiger partial charge in [0.15, 0.2) is 5.03 Å². The quantitative estimate of drug-likeness (QED) is 0.477. The number of likely N-dealkylation sites (N-methyl/N-ethyl adjacent to an activating group) is 1. The molecule has 0 bridgehead atoms. The first-order chi connectivity index (χ1) is 18.1. The van der Waals surface area contributed by atoms with E-state index in [9.17, 15) is 18.3 Å². The second kappa shape index (κ2) is 13.4. The molecule has 1 aliphatic heterocycles. The number of imidazole rings is 1. The van der Waals surface area contributed by atoms with Gasteiger partial charge in [0.2, 0.25) is 0 Å². The van der Waals surface area contributed by atoms with Crippen LogP contribution in [0.5, 0.6) is 5.75 Å². The number of aliphatic hydroxyl groups excluding tert-OH is 1. The fraction of sp³-hybridized carbons (Fsp3) is 0.615. The lowest BCUT2D eigenvalue weighted by Gasteiger charge is -2.34. The van der Waals surface area contributed by atoms with Gasteiger partial charge in [0.05, 0.1) is 36.7 Å². The topological polar surface area (TPSA) is 135 Å². The summed E-state index contributed by atoms with van der Waals surface area (Å²) in [4.78, 5) is 19.5. The molecule has 212 valence electrons. The summed E-state index contributed by atoms with van der Waals surface area (Å²) in [7, 11) is -0.420. The Morgan fingerprint density at radius 2 is 2.03 bits per heavy atom. The van der Waals surface area contributed by atoms with Crippen LogP contribution in [0.25, 0.3) is 0 Å². The van der Waals surface area contributed by atoms with E-state index in [2.05, 4.69) is 15.0 Å². The van der Waals surface area contributed by atoms with Crippen molar-refractivity contribution >= 4 is 21.6 Å². The monoisotopic (exact) mass is 551 g/mol. The Morgan fingerprint density at radius 3 is 2.68 bits per heavy atom. The van der Waals surface area contributed by atoms with Gasteiger partial charge in [-0.05, 0) is 58.4 Å². The third-order valence-corrected chi connectivity index (χ3v) is 7.93. The molecule has 0 radical (unpaired) electrons. The molecule has 0 aliphatic carbocycles. The van der Waals surface area contributed by atoms with Gasteiger partial charge in [0.25, 0.3) is 15.9 Å². The van der Waals surface area contributed by atoms with Gasteiger partial charge in [-0.3, -0.25) is 9.52 Å². The zero-order valence-corrected chi connectivity index (χ0v) is 23.7. The molecule has 0 spiro atoms. The molecule has 0 saturated heterocycles. The molecule has 2 heterocycles. The lowest BCUT2D eigenvalue weighted by molar-refractivity contribution is -0.000450. The SMILES string of the molecule is CNC[C@H]1OCCCC[C@H](C)Oc2ccc(NS(=O)(=O)c3cn(C)cn3)cc2C(=O)N([C@H](C)CO)C[C@@H]1C. The van der Waals surface area contributed by atoms with Crippen molar-refractivity contribution in [3.05, 3.63) is 36.3 Å². The number of aromatic nitrogens is 2.